The summed E-state index contributed by atoms with van der Waals surface area (Å²) in [6.07, 6.45) is 7.91. The summed E-state index contributed by atoms with van der Waals surface area (Å²) in [5.74, 6) is 3.52. The van der Waals surface area contributed by atoms with Crippen LogP contribution in [0.2, 0.25) is 0 Å². The number of halogens is 1. The average Bonchev–Trinajstić information content (AvgIpc) is 2.70. The van der Waals surface area contributed by atoms with Crippen LogP contribution in [0.25, 0.3) is 0 Å². The van der Waals surface area contributed by atoms with Crippen LogP contribution in [0.15, 0.2) is 0 Å². The molecule has 2 nitrogen and oxygen atoms in total. The maximum Gasteiger partial charge on any atom is 0.116 e. The molecule has 3 N–H and O–H groups in total. The van der Waals surface area contributed by atoms with Crippen LogP contribution in [0.1, 0.15) is 58.3 Å². The third-order valence-electron chi connectivity index (χ3n) is 7.99. The lowest BCUT2D eigenvalue weighted by Crippen LogP contribution is -2.51. The molecule has 4 aliphatic rings. The minimum absolute atomic E-state index is 0.0433. The summed E-state index contributed by atoms with van der Waals surface area (Å²) in [5, 5.41) is 9.94. The van der Waals surface area contributed by atoms with Gasteiger partial charge in [0.15, 0.2) is 0 Å². The van der Waals surface area contributed by atoms with Gasteiger partial charge in [0.05, 0.1) is 6.10 Å². The molecule has 4 saturated carbocycles. The van der Waals surface area contributed by atoms with Crippen molar-refractivity contribution in [2.45, 2.75) is 76.6 Å². The highest BCUT2D eigenvalue weighted by Gasteiger charge is 2.59. The summed E-state index contributed by atoms with van der Waals surface area (Å²) in [6, 6.07) is -0.241. The Labute approximate surface area is 127 Å². The monoisotopic (exact) mass is 295 g/mol. The second kappa shape index (κ2) is 4.92. The Kier molecular flexibility index (Phi) is 3.39. The fourth-order valence-electron chi connectivity index (χ4n) is 6.84. The SMILES string of the molecule is C[C@]12CC[C@H]3[C@@H](CC[C@@H]4C[C@@H](O)CC[C@@H]43)[C@@H]1C[C@@H](F)[C@@H]2N. The molecule has 3 heteroatoms. The first kappa shape index (κ1) is 14.4. The van der Waals surface area contributed by atoms with Crippen LogP contribution < -0.4 is 5.73 Å². The molecular formula is C18H30FNO. The molecule has 0 saturated heterocycles. The number of alkyl halides is 1. The third-order valence-corrected chi connectivity index (χ3v) is 7.99. The lowest BCUT2D eigenvalue weighted by molar-refractivity contribution is -0.0703. The summed E-state index contributed by atoms with van der Waals surface area (Å²) in [6.45, 7) is 2.26. The summed E-state index contributed by atoms with van der Waals surface area (Å²) in [5.41, 5.74) is 6.27. The second-order valence-corrected chi connectivity index (χ2v) is 8.72. The summed E-state index contributed by atoms with van der Waals surface area (Å²) in [7, 11) is 0. The predicted octanol–water partition coefficient (Wildman–Crippen LogP) is 3.28. The molecule has 4 fully saturated rings. The quantitative estimate of drug-likeness (QED) is 0.720. The van der Waals surface area contributed by atoms with Gasteiger partial charge in [-0.2, -0.15) is 0 Å². The zero-order valence-corrected chi connectivity index (χ0v) is 13.2. The summed E-state index contributed by atoms with van der Waals surface area (Å²) >= 11 is 0. The van der Waals surface area contributed by atoms with Crippen LogP contribution >= 0.6 is 0 Å². The van der Waals surface area contributed by atoms with E-state index in [0.29, 0.717) is 18.3 Å². The molecule has 0 aromatic heterocycles. The number of aliphatic hydroxyl groups is 1. The Morgan fingerprint density at radius 2 is 1.76 bits per heavy atom. The van der Waals surface area contributed by atoms with Crippen molar-refractivity contribution < 1.29 is 9.50 Å². The molecular weight excluding hydrogens is 265 g/mol. The Morgan fingerprint density at radius 1 is 1.00 bits per heavy atom. The highest BCUT2D eigenvalue weighted by molar-refractivity contribution is 5.10. The maximum atomic E-state index is 14.2. The van der Waals surface area contributed by atoms with Crippen LogP contribution in [0.3, 0.4) is 0 Å². The molecule has 0 amide bonds. The van der Waals surface area contributed by atoms with Gasteiger partial charge in [-0.1, -0.05) is 6.92 Å². The van der Waals surface area contributed by atoms with E-state index in [1.54, 1.807) is 0 Å². The zero-order chi connectivity index (χ0) is 14.8. The van der Waals surface area contributed by atoms with Gasteiger partial charge in [-0.25, -0.2) is 4.39 Å². The molecule has 4 rings (SSSR count). The third kappa shape index (κ3) is 2.03. The molecule has 0 spiro atoms. The first-order valence-corrected chi connectivity index (χ1v) is 9.08. The molecule has 0 aliphatic heterocycles. The molecule has 0 radical (unpaired) electrons. The topological polar surface area (TPSA) is 46.2 Å². The first-order chi connectivity index (χ1) is 10.0. The van der Waals surface area contributed by atoms with E-state index < -0.39 is 6.17 Å². The first-order valence-electron chi connectivity index (χ1n) is 9.08. The number of rotatable bonds is 0. The normalized spacial score (nSPS) is 60.0. The van der Waals surface area contributed by atoms with Crippen LogP contribution in [0.4, 0.5) is 4.39 Å². The van der Waals surface area contributed by atoms with Crippen molar-refractivity contribution in [1.82, 2.24) is 0 Å². The molecule has 9 atom stereocenters. The predicted molar refractivity (Wildman–Crippen MR) is 81.4 cm³/mol. The summed E-state index contributed by atoms with van der Waals surface area (Å²) in [4.78, 5) is 0. The number of nitrogens with two attached hydrogens (primary N) is 1. The van der Waals surface area contributed by atoms with E-state index in [-0.39, 0.29) is 17.6 Å². The average molecular weight is 295 g/mol. The number of aliphatic hydroxyl groups excluding tert-OH is 1. The Hall–Kier alpha value is -0.150. The van der Waals surface area contributed by atoms with Gasteiger partial charge in [0, 0.05) is 6.04 Å². The molecule has 0 aromatic carbocycles. The minimum Gasteiger partial charge on any atom is -0.393 e. The molecule has 0 bridgehead atoms. The highest BCUT2D eigenvalue weighted by atomic mass is 19.1. The van der Waals surface area contributed by atoms with Gasteiger partial charge in [-0.15, -0.1) is 0 Å². The maximum absolute atomic E-state index is 14.2. The smallest absolute Gasteiger partial charge is 0.116 e. The van der Waals surface area contributed by atoms with E-state index in [0.717, 1.165) is 37.0 Å². The van der Waals surface area contributed by atoms with Crippen molar-refractivity contribution in [2.24, 2.45) is 40.7 Å². The van der Waals surface area contributed by atoms with Gasteiger partial charge in [0.25, 0.3) is 0 Å². The lowest BCUT2D eigenvalue weighted by Gasteiger charge is -2.55. The molecule has 0 aromatic rings. The largest absolute Gasteiger partial charge is 0.393 e. The van der Waals surface area contributed by atoms with Crippen LogP contribution in [0, 0.1) is 35.0 Å². The fourth-order valence-corrected chi connectivity index (χ4v) is 6.84. The molecule has 21 heavy (non-hydrogen) atoms. The van der Waals surface area contributed by atoms with Crippen molar-refractivity contribution in [3.05, 3.63) is 0 Å². The standard InChI is InChI=1S/C18H30FNO/c1-18-7-6-13-12-5-3-11(21)8-10(12)2-4-14(13)15(18)9-16(19)17(18)20/h10-17,21H,2-9,20H2,1H3/t10-,11+,12+,13-,14-,15+,16-,17+,18+/m1/s1. The number of hydrogen-bond acceptors (Lipinski definition) is 2. The Balaban J connectivity index is 1.58. The van der Waals surface area contributed by atoms with Gasteiger partial charge in [-0.05, 0) is 86.4 Å². The Morgan fingerprint density at radius 3 is 2.57 bits per heavy atom. The van der Waals surface area contributed by atoms with Crippen molar-refractivity contribution in [3.63, 3.8) is 0 Å². The van der Waals surface area contributed by atoms with Crippen molar-refractivity contribution >= 4 is 0 Å². The molecule has 120 valence electrons. The van der Waals surface area contributed by atoms with Gasteiger partial charge in [-0.3, -0.25) is 0 Å². The summed E-state index contributed by atoms with van der Waals surface area (Å²) < 4.78 is 14.2. The fraction of sp³-hybridized carbons (Fsp3) is 1.00. The van der Waals surface area contributed by atoms with Crippen molar-refractivity contribution in [1.29, 1.82) is 0 Å². The van der Waals surface area contributed by atoms with E-state index in [1.165, 1.54) is 25.7 Å². The minimum atomic E-state index is -0.787. The van der Waals surface area contributed by atoms with E-state index in [2.05, 4.69) is 6.92 Å². The van der Waals surface area contributed by atoms with Crippen LogP contribution in [-0.4, -0.2) is 23.4 Å². The van der Waals surface area contributed by atoms with Gasteiger partial charge < -0.3 is 10.8 Å². The van der Waals surface area contributed by atoms with Crippen LogP contribution in [-0.2, 0) is 0 Å². The van der Waals surface area contributed by atoms with Crippen molar-refractivity contribution in [3.8, 4) is 0 Å². The zero-order valence-electron chi connectivity index (χ0n) is 13.2. The van der Waals surface area contributed by atoms with E-state index in [1.807, 2.05) is 0 Å². The second-order valence-electron chi connectivity index (χ2n) is 8.72. The molecule has 0 heterocycles. The number of fused-ring (bicyclic) bond motifs is 5. The van der Waals surface area contributed by atoms with E-state index in [9.17, 15) is 9.50 Å². The van der Waals surface area contributed by atoms with Gasteiger partial charge >= 0.3 is 0 Å². The number of hydrogen-bond donors (Lipinski definition) is 2. The van der Waals surface area contributed by atoms with Crippen molar-refractivity contribution in [2.75, 3.05) is 0 Å². The van der Waals surface area contributed by atoms with Crippen LogP contribution in [0.5, 0.6) is 0 Å². The van der Waals surface area contributed by atoms with Gasteiger partial charge in [0.2, 0.25) is 0 Å². The van der Waals surface area contributed by atoms with E-state index in [4.69, 9.17) is 5.73 Å². The van der Waals surface area contributed by atoms with E-state index >= 15 is 0 Å². The Bertz CT molecular complexity index is 416. The highest BCUT2D eigenvalue weighted by Crippen LogP contribution is 2.62. The molecule has 0 unspecified atom stereocenters. The lowest BCUT2D eigenvalue weighted by atomic mass is 9.50. The van der Waals surface area contributed by atoms with Gasteiger partial charge in [0.1, 0.15) is 6.17 Å². The molecule has 4 aliphatic carbocycles.